The van der Waals surface area contributed by atoms with E-state index >= 15 is 0 Å². The molecule has 0 radical (unpaired) electrons. The molecule has 0 saturated carbocycles. The van der Waals surface area contributed by atoms with E-state index in [1.807, 2.05) is 5.51 Å². The minimum absolute atomic E-state index is 0.924. The maximum Gasteiger partial charge on any atom is 0.143 e. The molecule has 92 valence electrons. The first-order valence-electron chi connectivity index (χ1n) is 5.93. The quantitative estimate of drug-likeness (QED) is 0.872. The van der Waals surface area contributed by atoms with Crippen molar-refractivity contribution in [3.63, 3.8) is 0 Å². The van der Waals surface area contributed by atoms with Gasteiger partial charge in [0.15, 0.2) is 0 Å². The second-order valence-corrected chi connectivity index (χ2v) is 5.60. The monoisotopic (exact) mass is 267 g/mol. The fourth-order valence-electron chi connectivity index (χ4n) is 1.62. The molecule has 0 fully saturated rings. The zero-order valence-electron chi connectivity index (χ0n) is 10.2. The Morgan fingerprint density at radius 2 is 2.24 bits per heavy atom. The summed E-state index contributed by atoms with van der Waals surface area (Å²) in [7, 11) is 0. The summed E-state index contributed by atoms with van der Waals surface area (Å²) in [5.74, 6) is 0. The minimum atomic E-state index is 0.924. The van der Waals surface area contributed by atoms with Gasteiger partial charge in [0.1, 0.15) is 10.7 Å². The lowest BCUT2D eigenvalue weighted by Gasteiger charge is -2.00. The number of hydrogen-bond donors (Lipinski definition) is 1. The molecule has 0 unspecified atom stereocenters. The van der Waals surface area contributed by atoms with Crippen LogP contribution in [0, 0.1) is 0 Å². The van der Waals surface area contributed by atoms with Crippen molar-refractivity contribution in [1.29, 1.82) is 0 Å². The molecule has 0 bridgehead atoms. The summed E-state index contributed by atoms with van der Waals surface area (Å²) in [5, 5.41) is 6.49. The van der Waals surface area contributed by atoms with Crippen molar-refractivity contribution in [1.82, 2.24) is 15.3 Å². The second kappa shape index (κ2) is 6.23. The molecule has 2 aromatic heterocycles. The van der Waals surface area contributed by atoms with Crippen LogP contribution in [0.1, 0.15) is 30.8 Å². The molecule has 0 aliphatic carbocycles. The van der Waals surface area contributed by atoms with Gasteiger partial charge < -0.3 is 5.32 Å². The molecule has 0 aliphatic heterocycles. The summed E-state index contributed by atoms with van der Waals surface area (Å²) < 4.78 is 0. The highest BCUT2D eigenvalue weighted by Crippen LogP contribution is 2.28. The Hall–Kier alpha value is -0.780. The normalized spacial score (nSPS) is 10.9. The lowest BCUT2D eigenvalue weighted by Crippen LogP contribution is -2.11. The third-order valence-corrected chi connectivity index (χ3v) is 4.16. The maximum absolute atomic E-state index is 4.72. The number of nitrogens with one attached hydrogen (secondary N) is 1. The Morgan fingerprint density at radius 1 is 1.35 bits per heavy atom. The van der Waals surface area contributed by atoms with Gasteiger partial charge in [-0.15, -0.1) is 22.7 Å². The topological polar surface area (TPSA) is 37.8 Å². The molecule has 3 nitrogen and oxygen atoms in total. The van der Waals surface area contributed by atoms with E-state index in [9.17, 15) is 0 Å². The standard InChI is InChI=1S/C12H17N3S2/c1-3-5-9-11(6-13-4-2)17-12(15-9)10-7-16-8-14-10/h7-8,13H,3-6H2,1-2H3. The Morgan fingerprint density at radius 3 is 2.88 bits per heavy atom. The molecule has 0 aliphatic rings. The molecule has 0 spiro atoms. The highest BCUT2D eigenvalue weighted by Gasteiger charge is 2.12. The van der Waals surface area contributed by atoms with Crippen LogP contribution in [-0.2, 0) is 13.0 Å². The van der Waals surface area contributed by atoms with Crippen LogP contribution in [0.3, 0.4) is 0 Å². The van der Waals surface area contributed by atoms with Gasteiger partial charge in [-0.25, -0.2) is 9.97 Å². The molecule has 1 N–H and O–H groups in total. The van der Waals surface area contributed by atoms with E-state index < -0.39 is 0 Å². The fraction of sp³-hybridized carbons (Fsp3) is 0.500. The molecule has 2 heterocycles. The zero-order chi connectivity index (χ0) is 12.1. The number of aromatic nitrogens is 2. The van der Waals surface area contributed by atoms with E-state index in [1.165, 1.54) is 10.6 Å². The SMILES string of the molecule is CCCc1nc(-c2cscn2)sc1CNCC. The van der Waals surface area contributed by atoms with Crippen LogP contribution in [0.2, 0.25) is 0 Å². The Bertz CT molecular complexity index is 448. The van der Waals surface area contributed by atoms with Gasteiger partial charge in [-0.3, -0.25) is 0 Å². The van der Waals surface area contributed by atoms with Crippen molar-refractivity contribution in [2.75, 3.05) is 6.54 Å². The van der Waals surface area contributed by atoms with Crippen LogP contribution in [0.25, 0.3) is 10.7 Å². The van der Waals surface area contributed by atoms with Crippen LogP contribution in [0.15, 0.2) is 10.9 Å². The summed E-state index contributed by atoms with van der Waals surface area (Å²) in [5.41, 5.74) is 4.11. The largest absolute Gasteiger partial charge is 0.312 e. The van der Waals surface area contributed by atoms with Crippen molar-refractivity contribution in [2.45, 2.75) is 33.2 Å². The second-order valence-electron chi connectivity index (χ2n) is 3.79. The van der Waals surface area contributed by atoms with Crippen LogP contribution in [0.4, 0.5) is 0 Å². The molecule has 2 aromatic rings. The van der Waals surface area contributed by atoms with E-state index in [1.54, 1.807) is 22.7 Å². The number of aryl methyl sites for hydroxylation is 1. The third kappa shape index (κ3) is 3.12. The summed E-state index contributed by atoms with van der Waals surface area (Å²) in [6.45, 7) is 6.24. The van der Waals surface area contributed by atoms with Gasteiger partial charge in [0.25, 0.3) is 0 Å². The van der Waals surface area contributed by atoms with Gasteiger partial charge in [-0.05, 0) is 13.0 Å². The number of rotatable bonds is 6. The molecule has 17 heavy (non-hydrogen) atoms. The van der Waals surface area contributed by atoms with Gasteiger partial charge in [0, 0.05) is 16.8 Å². The first kappa shape index (κ1) is 12.7. The molecule has 0 atom stereocenters. The van der Waals surface area contributed by atoms with Crippen molar-refractivity contribution in [2.24, 2.45) is 0 Å². The molecule has 5 heteroatoms. The van der Waals surface area contributed by atoms with E-state index in [0.29, 0.717) is 0 Å². The number of hydrogen-bond acceptors (Lipinski definition) is 5. The molecular weight excluding hydrogens is 250 g/mol. The van der Waals surface area contributed by atoms with Gasteiger partial charge in [-0.1, -0.05) is 20.3 Å². The Balaban J connectivity index is 2.24. The van der Waals surface area contributed by atoms with Gasteiger partial charge >= 0.3 is 0 Å². The van der Waals surface area contributed by atoms with Crippen LogP contribution in [-0.4, -0.2) is 16.5 Å². The predicted octanol–water partition coefficient (Wildman–Crippen LogP) is 3.33. The molecular formula is C12H17N3S2. The predicted molar refractivity (Wildman–Crippen MR) is 74.6 cm³/mol. The van der Waals surface area contributed by atoms with E-state index in [-0.39, 0.29) is 0 Å². The maximum atomic E-state index is 4.72. The van der Waals surface area contributed by atoms with E-state index in [4.69, 9.17) is 4.98 Å². The van der Waals surface area contributed by atoms with Crippen LogP contribution >= 0.6 is 22.7 Å². The average Bonchev–Trinajstić information content (AvgIpc) is 2.95. The van der Waals surface area contributed by atoms with Crippen molar-refractivity contribution < 1.29 is 0 Å². The lowest BCUT2D eigenvalue weighted by atomic mass is 10.2. The summed E-state index contributed by atoms with van der Waals surface area (Å²) in [4.78, 5) is 10.4. The third-order valence-electron chi connectivity index (χ3n) is 2.45. The highest BCUT2D eigenvalue weighted by molar-refractivity contribution is 7.15. The van der Waals surface area contributed by atoms with Crippen molar-refractivity contribution >= 4 is 22.7 Å². The smallest absolute Gasteiger partial charge is 0.143 e. The Kier molecular flexibility index (Phi) is 4.65. The summed E-state index contributed by atoms with van der Waals surface area (Å²) in [6.07, 6.45) is 2.20. The summed E-state index contributed by atoms with van der Waals surface area (Å²) >= 11 is 3.39. The van der Waals surface area contributed by atoms with Crippen LogP contribution < -0.4 is 5.32 Å². The first-order chi connectivity index (χ1) is 8.35. The Labute approximate surface area is 110 Å². The highest BCUT2D eigenvalue weighted by atomic mass is 32.1. The first-order valence-corrected chi connectivity index (χ1v) is 7.69. The minimum Gasteiger partial charge on any atom is -0.312 e. The van der Waals surface area contributed by atoms with Crippen molar-refractivity contribution in [3.05, 3.63) is 21.5 Å². The zero-order valence-corrected chi connectivity index (χ0v) is 11.8. The van der Waals surface area contributed by atoms with Gasteiger partial charge in [0.05, 0.1) is 11.2 Å². The average molecular weight is 267 g/mol. The van der Waals surface area contributed by atoms with Gasteiger partial charge in [-0.2, -0.15) is 0 Å². The molecule has 0 saturated heterocycles. The fourth-order valence-corrected chi connectivity index (χ4v) is 3.28. The lowest BCUT2D eigenvalue weighted by molar-refractivity contribution is 0.723. The van der Waals surface area contributed by atoms with E-state index in [0.717, 1.165) is 36.6 Å². The van der Waals surface area contributed by atoms with Crippen molar-refractivity contribution in [3.8, 4) is 10.7 Å². The van der Waals surface area contributed by atoms with E-state index in [2.05, 4.69) is 29.5 Å². The number of nitrogens with zero attached hydrogens (tertiary/aromatic N) is 2. The summed E-state index contributed by atoms with van der Waals surface area (Å²) in [6, 6.07) is 0. The van der Waals surface area contributed by atoms with Crippen LogP contribution in [0.5, 0.6) is 0 Å². The molecule has 0 amide bonds. The molecule has 2 rings (SSSR count). The van der Waals surface area contributed by atoms with Gasteiger partial charge in [0.2, 0.25) is 0 Å². The number of thiazole rings is 2. The molecule has 0 aromatic carbocycles.